The minimum Gasteiger partial charge on any atom is -0.443 e. The van der Waals surface area contributed by atoms with Gasteiger partial charge in [0.1, 0.15) is 0 Å². The summed E-state index contributed by atoms with van der Waals surface area (Å²) in [7, 11) is -3.75. The van der Waals surface area contributed by atoms with Crippen LogP contribution in [0.25, 0.3) is 10.8 Å². The van der Waals surface area contributed by atoms with Crippen LogP contribution in [0.1, 0.15) is 27.2 Å². The Balaban J connectivity index is 1.98. The molecule has 2 heterocycles. The maximum atomic E-state index is 13.0. The van der Waals surface area contributed by atoms with E-state index in [9.17, 15) is 18.0 Å². The van der Waals surface area contributed by atoms with Gasteiger partial charge in [-0.05, 0) is 45.4 Å². The molecule has 28 heavy (non-hydrogen) atoms. The molecule has 0 radical (unpaired) electrons. The molecule has 0 saturated carbocycles. The molecule has 8 nitrogen and oxygen atoms in total. The van der Waals surface area contributed by atoms with Gasteiger partial charge in [0, 0.05) is 36.1 Å². The lowest BCUT2D eigenvalue weighted by Crippen LogP contribution is -2.32. The molecular weight excluding hydrogens is 382 g/mol. The number of benzene rings is 1. The summed E-state index contributed by atoms with van der Waals surface area (Å²) in [6.07, 6.45) is 2.05. The molecule has 152 valence electrons. The molecule has 1 fully saturated rings. The fraction of sp³-hybridized carbons (Fsp3) is 0.474. The highest BCUT2D eigenvalue weighted by Gasteiger charge is 2.32. The van der Waals surface area contributed by atoms with Crippen LogP contribution in [0.5, 0.6) is 0 Å². The number of carbonyl (C=O) groups is 1. The average molecular weight is 407 g/mol. The van der Waals surface area contributed by atoms with Crippen molar-refractivity contribution in [1.82, 2.24) is 8.87 Å². The Labute approximate surface area is 163 Å². The van der Waals surface area contributed by atoms with E-state index >= 15 is 0 Å². The van der Waals surface area contributed by atoms with Crippen molar-refractivity contribution in [3.63, 3.8) is 0 Å². The third-order valence-electron chi connectivity index (χ3n) is 4.73. The van der Waals surface area contributed by atoms with E-state index in [0.717, 1.165) is 0 Å². The van der Waals surface area contributed by atoms with Gasteiger partial charge in [-0.15, -0.1) is 0 Å². The first-order chi connectivity index (χ1) is 13.0. The molecule has 0 spiro atoms. The molecular formula is C19H25N3O5S. The molecule has 9 heteroatoms. The summed E-state index contributed by atoms with van der Waals surface area (Å²) in [4.78, 5) is 24.8. The van der Waals surface area contributed by atoms with Crippen LogP contribution in [0.3, 0.4) is 0 Å². The molecule has 1 aromatic carbocycles. The zero-order chi connectivity index (χ0) is 20.7. The van der Waals surface area contributed by atoms with Crippen LogP contribution in [0, 0.1) is 5.41 Å². The van der Waals surface area contributed by atoms with Crippen molar-refractivity contribution in [3.8, 4) is 0 Å². The Morgan fingerprint density at radius 3 is 2.57 bits per heavy atom. The Morgan fingerprint density at radius 1 is 1.25 bits per heavy atom. The normalized spacial score (nSPS) is 18.5. The smallest absolute Gasteiger partial charge is 0.312 e. The van der Waals surface area contributed by atoms with Crippen molar-refractivity contribution in [2.45, 2.75) is 44.9 Å². The van der Waals surface area contributed by atoms with E-state index < -0.39 is 27.0 Å². The first kappa shape index (κ1) is 20.5. The molecule has 1 aromatic heterocycles. The lowest BCUT2D eigenvalue weighted by molar-refractivity contribution is -0.157. The van der Waals surface area contributed by atoms with Crippen molar-refractivity contribution in [2.24, 2.45) is 11.1 Å². The highest BCUT2D eigenvalue weighted by atomic mass is 32.2. The molecule has 0 bridgehead atoms. The average Bonchev–Trinajstić information content (AvgIpc) is 3.07. The van der Waals surface area contributed by atoms with Crippen molar-refractivity contribution < 1.29 is 17.9 Å². The number of rotatable bonds is 4. The molecule has 2 N–H and O–H groups in total. The van der Waals surface area contributed by atoms with Crippen molar-refractivity contribution in [3.05, 3.63) is 40.8 Å². The molecule has 1 saturated heterocycles. The first-order valence-corrected chi connectivity index (χ1v) is 10.5. The van der Waals surface area contributed by atoms with Crippen molar-refractivity contribution in [1.29, 1.82) is 0 Å². The van der Waals surface area contributed by atoms with E-state index in [4.69, 9.17) is 10.5 Å². The summed E-state index contributed by atoms with van der Waals surface area (Å²) >= 11 is 0. The zero-order valence-electron chi connectivity index (χ0n) is 16.2. The van der Waals surface area contributed by atoms with E-state index in [-0.39, 0.29) is 29.6 Å². The summed E-state index contributed by atoms with van der Waals surface area (Å²) in [5, 5.41) is 0.588. The van der Waals surface area contributed by atoms with Gasteiger partial charge < -0.3 is 10.5 Å². The van der Waals surface area contributed by atoms with E-state index in [2.05, 4.69) is 0 Å². The van der Waals surface area contributed by atoms with Gasteiger partial charge in [-0.3, -0.25) is 14.2 Å². The molecule has 1 aliphatic heterocycles. The van der Waals surface area contributed by atoms with Crippen LogP contribution in [0.15, 0.2) is 40.2 Å². The molecule has 3 rings (SSSR count). The second-order valence-corrected chi connectivity index (χ2v) is 9.94. The van der Waals surface area contributed by atoms with Gasteiger partial charge in [0.05, 0.1) is 10.3 Å². The topological polar surface area (TPSA) is 112 Å². The lowest BCUT2D eigenvalue weighted by Gasteiger charge is -2.18. The third-order valence-corrected chi connectivity index (χ3v) is 6.65. The predicted octanol–water partition coefficient (Wildman–Crippen LogP) is 1.27. The van der Waals surface area contributed by atoms with Gasteiger partial charge in [0.15, 0.2) is 6.73 Å². The van der Waals surface area contributed by atoms with Crippen LogP contribution in [-0.4, -0.2) is 42.4 Å². The summed E-state index contributed by atoms with van der Waals surface area (Å²) in [5.41, 5.74) is 4.74. The molecule has 0 unspecified atom stereocenters. The van der Waals surface area contributed by atoms with Gasteiger partial charge in [0.25, 0.3) is 5.56 Å². The van der Waals surface area contributed by atoms with Crippen molar-refractivity contribution >= 4 is 26.8 Å². The largest absolute Gasteiger partial charge is 0.443 e. The lowest BCUT2D eigenvalue weighted by atomic mass is 9.98. The Hall–Kier alpha value is -2.23. The van der Waals surface area contributed by atoms with Gasteiger partial charge in [-0.1, -0.05) is 6.07 Å². The second-order valence-electron chi connectivity index (χ2n) is 8.03. The number of pyridine rings is 1. The summed E-state index contributed by atoms with van der Waals surface area (Å²) < 4.78 is 33.8. The van der Waals surface area contributed by atoms with Gasteiger partial charge >= 0.3 is 5.97 Å². The maximum Gasteiger partial charge on any atom is 0.312 e. The molecule has 2 aromatic rings. The highest BCUT2D eigenvalue weighted by Crippen LogP contribution is 2.26. The number of esters is 1. The van der Waals surface area contributed by atoms with Crippen LogP contribution in [0.2, 0.25) is 0 Å². The standard InChI is InChI=1S/C19H25N3O5S/c1-19(2,3)18(24)27-12-21-9-8-14-15(17(21)23)5-4-6-16(14)28(25,26)22-10-7-13(20)11-22/h4-6,8-9,13H,7,10-12,20H2,1-3H3/t13-/m1/s1. The number of nitrogens with zero attached hydrogens (tertiary/aromatic N) is 2. The number of aromatic nitrogens is 1. The van der Waals surface area contributed by atoms with Crippen LogP contribution < -0.4 is 11.3 Å². The van der Waals surface area contributed by atoms with E-state index in [1.54, 1.807) is 32.9 Å². The second kappa shape index (κ2) is 7.31. The Morgan fingerprint density at radius 2 is 1.96 bits per heavy atom. The van der Waals surface area contributed by atoms with Gasteiger partial charge in [-0.25, -0.2) is 8.42 Å². The fourth-order valence-electron chi connectivity index (χ4n) is 3.07. The molecule has 0 amide bonds. The Bertz CT molecular complexity index is 1070. The van der Waals surface area contributed by atoms with E-state index in [1.165, 1.54) is 27.2 Å². The SMILES string of the molecule is CC(C)(C)C(=O)OCn1ccc2c(S(=O)(=O)N3CC[C@@H](N)C3)cccc2c1=O. The summed E-state index contributed by atoms with van der Waals surface area (Å²) in [6.45, 7) is 5.56. The number of hydrogen-bond acceptors (Lipinski definition) is 6. The van der Waals surface area contributed by atoms with Crippen LogP contribution >= 0.6 is 0 Å². The molecule has 0 aliphatic carbocycles. The minimum atomic E-state index is -3.75. The first-order valence-electron chi connectivity index (χ1n) is 9.07. The number of sulfonamides is 1. The van der Waals surface area contributed by atoms with Crippen molar-refractivity contribution in [2.75, 3.05) is 13.1 Å². The highest BCUT2D eigenvalue weighted by molar-refractivity contribution is 7.89. The van der Waals surface area contributed by atoms with E-state index in [1.807, 2.05) is 0 Å². The zero-order valence-corrected chi connectivity index (χ0v) is 17.0. The van der Waals surface area contributed by atoms with Gasteiger partial charge in [-0.2, -0.15) is 4.31 Å². The van der Waals surface area contributed by atoms with Crippen LogP contribution in [-0.2, 0) is 26.3 Å². The van der Waals surface area contributed by atoms with E-state index in [0.29, 0.717) is 18.4 Å². The maximum absolute atomic E-state index is 13.0. The number of carbonyl (C=O) groups excluding carboxylic acids is 1. The third kappa shape index (κ3) is 3.82. The van der Waals surface area contributed by atoms with Gasteiger partial charge in [0.2, 0.25) is 10.0 Å². The molecule has 1 atom stereocenters. The quantitative estimate of drug-likeness (QED) is 0.764. The number of ether oxygens (including phenoxy) is 1. The Kier molecular flexibility index (Phi) is 5.35. The molecule has 1 aliphatic rings. The van der Waals surface area contributed by atoms with Crippen LogP contribution in [0.4, 0.5) is 0 Å². The number of nitrogens with two attached hydrogens (primary N) is 1. The number of hydrogen-bond donors (Lipinski definition) is 1. The minimum absolute atomic E-state index is 0.0787. The number of fused-ring (bicyclic) bond motifs is 1. The monoisotopic (exact) mass is 407 g/mol. The predicted molar refractivity (Wildman–Crippen MR) is 105 cm³/mol. The summed E-state index contributed by atoms with van der Waals surface area (Å²) in [5.74, 6) is -0.429. The summed E-state index contributed by atoms with van der Waals surface area (Å²) in [6, 6.07) is 5.97. The fourth-order valence-corrected chi connectivity index (χ4v) is 4.79.